The van der Waals surface area contributed by atoms with Crippen molar-refractivity contribution in [1.82, 2.24) is 24.4 Å². The van der Waals surface area contributed by atoms with Crippen LogP contribution in [-0.4, -0.2) is 31.0 Å². The summed E-state index contributed by atoms with van der Waals surface area (Å²) in [5.41, 5.74) is 3.60. The maximum Gasteiger partial charge on any atom is 0.256 e. The lowest BCUT2D eigenvalue weighted by atomic mass is 10.1. The summed E-state index contributed by atoms with van der Waals surface area (Å²) in [7, 11) is 2.03. The van der Waals surface area contributed by atoms with E-state index in [4.69, 9.17) is 9.40 Å². The van der Waals surface area contributed by atoms with Crippen LogP contribution in [0.1, 0.15) is 17.1 Å². The fourth-order valence-corrected chi connectivity index (χ4v) is 3.68. The van der Waals surface area contributed by atoms with E-state index >= 15 is 0 Å². The maximum absolute atomic E-state index is 12.6. The van der Waals surface area contributed by atoms with Crippen molar-refractivity contribution in [3.05, 3.63) is 70.1 Å². The molecule has 0 radical (unpaired) electrons. The van der Waals surface area contributed by atoms with E-state index in [1.165, 1.54) is 0 Å². The van der Waals surface area contributed by atoms with Crippen LogP contribution in [0.5, 0.6) is 0 Å². The number of fused-ring (bicyclic) bond motifs is 2. The summed E-state index contributed by atoms with van der Waals surface area (Å²) in [6.45, 7) is 2.10. The third-order valence-electron chi connectivity index (χ3n) is 5.15. The molecule has 1 aliphatic rings. The summed E-state index contributed by atoms with van der Waals surface area (Å²) in [6, 6.07) is 11.7. The van der Waals surface area contributed by atoms with E-state index in [0.717, 1.165) is 41.1 Å². The number of rotatable bonds is 3. The van der Waals surface area contributed by atoms with E-state index in [1.807, 2.05) is 25.2 Å². The number of nitrogens with one attached hydrogen (secondary N) is 1. The summed E-state index contributed by atoms with van der Waals surface area (Å²) in [6.07, 6.45) is 2.31. The Bertz CT molecular complexity index is 1170. The lowest BCUT2D eigenvalue weighted by molar-refractivity contribution is 0.234. The molecule has 0 amide bonds. The number of imidazole rings is 1. The normalized spacial score (nSPS) is 14.6. The summed E-state index contributed by atoms with van der Waals surface area (Å²) in [5.74, 6) is 2.07. The molecule has 1 aromatic carbocycles. The smallest absolute Gasteiger partial charge is 0.256 e. The predicted molar refractivity (Wildman–Crippen MR) is 101 cm³/mol. The van der Waals surface area contributed by atoms with Crippen molar-refractivity contribution in [2.75, 3.05) is 6.54 Å². The number of hydrogen-bond acceptors (Lipinski definition) is 5. The van der Waals surface area contributed by atoms with Crippen molar-refractivity contribution in [3.63, 3.8) is 0 Å². The molecular formula is C20H19N5O2. The zero-order valence-corrected chi connectivity index (χ0v) is 15.0. The van der Waals surface area contributed by atoms with Gasteiger partial charge in [0.25, 0.3) is 5.56 Å². The highest BCUT2D eigenvalue weighted by atomic mass is 16.3. The molecular weight excluding hydrogens is 342 g/mol. The average Bonchev–Trinajstić information content (AvgIpc) is 3.32. The second-order valence-electron chi connectivity index (χ2n) is 6.85. The minimum Gasteiger partial charge on any atom is -0.461 e. The quantitative estimate of drug-likeness (QED) is 0.606. The lowest BCUT2D eigenvalue weighted by Gasteiger charge is -2.27. The number of benzene rings is 1. The summed E-state index contributed by atoms with van der Waals surface area (Å²) >= 11 is 0. The van der Waals surface area contributed by atoms with Crippen molar-refractivity contribution >= 4 is 11.0 Å². The first-order chi connectivity index (χ1) is 13.2. The Morgan fingerprint density at radius 1 is 1.19 bits per heavy atom. The van der Waals surface area contributed by atoms with Crippen LogP contribution < -0.4 is 5.56 Å². The van der Waals surface area contributed by atoms with Gasteiger partial charge in [-0.15, -0.1) is 0 Å². The molecule has 7 nitrogen and oxygen atoms in total. The van der Waals surface area contributed by atoms with Gasteiger partial charge in [-0.1, -0.05) is 12.1 Å². The summed E-state index contributed by atoms with van der Waals surface area (Å²) < 4.78 is 7.47. The molecule has 0 atom stereocenters. The zero-order valence-electron chi connectivity index (χ0n) is 15.0. The monoisotopic (exact) mass is 361 g/mol. The van der Waals surface area contributed by atoms with Crippen LogP contribution in [0, 0.1) is 0 Å². The van der Waals surface area contributed by atoms with Crippen molar-refractivity contribution in [1.29, 1.82) is 0 Å². The van der Waals surface area contributed by atoms with Gasteiger partial charge in [-0.2, -0.15) is 0 Å². The van der Waals surface area contributed by atoms with Gasteiger partial charge in [0.1, 0.15) is 5.82 Å². The molecule has 4 aromatic rings. The van der Waals surface area contributed by atoms with Crippen LogP contribution in [0.25, 0.3) is 22.6 Å². The predicted octanol–water partition coefficient (Wildman–Crippen LogP) is 2.47. The first-order valence-corrected chi connectivity index (χ1v) is 8.97. The number of nitrogens with zero attached hydrogens (tertiary/aromatic N) is 4. The van der Waals surface area contributed by atoms with E-state index in [1.54, 1.807) is 18.4 Å². The Labute approximate surface area is 155 Å². The Hall–Kier alpha value is -3.19. The van der Waals surface area contributed by atoms with E-state index in [0.29, 0.717) is 24.7 Å². The Morgan fingerprint density at radius 2 is 2.07 bits per heavy atom. The van der Waals surface area contributed by atoms with Gasteiger partial charge < -0.3 is 14.0 Å². The lowest BCUT2D eigenvalue weighted by Crippen LogP contribution is -2.36. The number of aromatic amines is 1. The number of H-pyrrole nitrogens is 1. The van der Waals surface area contributed by atoms with Crippen LogP contribution in [0.4, 0.5) is 0 Å². The third-order valence-corrected chi connectivity index (χ3v) is 5.15. The molecule has 3 aromatic heterocycles. The van der Waals surface area contributed by atoms with Gasteiger partial charge in [0, 0.05) is 26.6 Å². The second kappa shape index (κ2) is 6.21. The highest BCUT2D eigenvalue weighted by Gasteiger charge is 2.23. The zero-order chi connectivity index (χ0) is 18.4. The van der Waals surface area contributed by atoms with Crippen LogP contribution in [0.3, 0.4) is 0 Å². The Balaban J connectivity index is 1.42. The first kappa shape index (κ1) is 16.0. The summed E-state index contributed by atoms with van der Waals surface area (Å²) in [5, 5.41) is 0. The van der Waals surface area contributed by atoms with E-state index in [2.05, 4.69) is 25.5 Å². The molecule has 0 aliphatic carbocycles. The molecule has 5 rings (SSSR count). The van der Waals surface area contributed by atoms with Crippen molar-refractivity contribution in [2.24, 2.45) is 7.05 Å². The van der Waals surface area contributed by atoms with Crippen molar-refractivity contribution in [2.45, 2.75) is 19.5 Å². The van der Waals surface area contributed by atoms with E-state index < -0.39 is 0 Å². The summed E-state index contributed by atoms with van der Waals surface area (Å²) in [4.78, 5) is 27.0. The van der Waals surface area contributed by atoms with Gasteiger partial charge in [0.2, 0.25) is 0 Å². The van der Waals surface area contributed by atoms with Crippen molar-refractivity contribution < 1.29 is 4.42 Å². The number of aromatic nitrogens is 4. The number of hydrogen-bond donors (Lipinski definition) is 1. The number of furan rings is 1. The fourth-order valence-electron chi connectivity index (χ4n) is 3.68. The molecule has 0 saturated carbocycles. The molecule has 27 heavy (non-hydrogen) atoms. The van der Waals surface area contributed by atoms with E-state index in [-0.39, 0.29) is 5.56 Å². The van der Waals surface area contributed by atoms with Crippen molar-refractivity contribution in [3.8, 4) is 11.6 Å². The molecule has 1 aliphatic heterocycles. The first-order valence-electron chi connectivity index (χ1n) is 8.97. The standard InChI is InChI=1S/C20H19N5O2/c1-24-16-6-3-2-5-15(16)21-18(24)12-25-9-8-14-13(11-25)20(26)23-19(22-14)17-7-4-10-27-17/h2-7,10H,8-9,11-12H2,1H3,(H,22,23,26). The van der Waals surface area contributed by atoms with Gasteiger partial charge in [-0.25, -0.2) is 9.97 Å². The molecule has 7 heteroatoms. The highest BCUT2D eigenvalue weighted by Crippen LogP contribution is 2.21. The van der Waals surface area contributed by atoms with Crippen LogP contribution >= 0.6 is 0 Å². The van der Waals surface area contributed by atoms with Crippen LogP contribution in [-0.2, 0) is 26.6 Å². The fraction of sp³-hybridized carbons (Fsp3) is 0.250. The van der Waals surface area contributed by atoms with Gasteiger partial charge in [0.05, 0.1) is 35.1 Å². The molecule has 0 bridgehead atoms. The second-order valence-corrected chi connectivity index (χ2v) is 6.85. The van der Waals surface area contributed by atoms with Gasteiger partial charge >= 0.3 is 0 Å². The topological polar surface area (TPSA) is 80.0 Å². The molecule has 4 heterocycles. The Kier molecular flexibility index (Phi) is 3.68. The van der Waals surface area contributed by atoms with Gasteiger partial charge in [-0.05, 0) is 24.3 Å². The maximum atomic E-state index is 12.6. The molecule has 0 spiro atoms. The van der Waals surface area contributed by atoms with Crippen LogP contribution in [0.2, 0.25) is 0 Å². The average molecular weight is 361 g/mol. The molecule has 136 valence electrons. The highest BCUT2D eigenvalue weighted by molar-refractivity contribution is 5.75. The van der Waals surface area contributed by atoms with Gasteiger partial charge in [0.15, 0.2) is 11.6 Å². The SMILES string of the molecule is Cn1c(CN2CCc3nc(-c4ccco4)[nH]c(=O)c3C2)nc2ccccc21. The Morgan fingerprint density at radius 3 is 2.89 bits per heavy atom. The molecule has 1 N–H and O–H groups in total. The minimum absolute atomic E-state index is 0.0962. The van der Waals surface area contributed by atoms with E-state index in [9.17, 15) is 4.79 Å². The molecule has 0 fully saturated rings. The number of aryl methyl sites for hydroxylation is 1. The minimum atomic E-state index is -0.0962. The number of para-hydroxylation sites is 2. The van der Waals surface area contributed by atoms with Gasteiger partial charge in [-0.3, -0.25) is 9.69 Å². The largest absolute Gasteiger partial charge is 0.461 e. The molecule has 0 unspecified atom stereocenters. The molecule has 0 saturated heterocycles. The van der Waals surface area contributed by atoms with Crippen LogP contribution in [0.15, 0.2) is 51.9 Å². The third kappa shape index (κ3) is 2.76.